The van der Waals surface area contributed by atoms with E-state index in [1.165, 1.54) is 21.3 Å². The highest BCUT2D eigenvalue weighted by atomic mass is 16.5. The number of nitrogens with one attached hydrogen (secondary N) is 1. The summed E-state index contributed by atoms with van der Waals surface area (Å²) in [5.74, 6) is 0.409. The molecule has 0 radical (unpaired) electrons. The Morgan fingerprint density at radius 3 is 2.36 bits per heavy atom. The molecule has 1 amide bonds. The summed E-state index contributed by atoms with van der Waals surface area (Å²) in [4.78, 5) is 25.0. The van der Waals surface area contributed by atoms with Crippen molar-refractivity contribution in [3.05, 3.63) is 17.7 Å². The molecule has 0 unspecified atom stereocenters. The number of hydrogen-bond acceptors (Lipinski definition) is 6. The lowest BCUT2D eigenvalue weighted by molar-refractivity contribution is -0.142. The van der Waals surface area contributed by atoms with Gasteiger partial charge in [-0.1, -0.05) is 0 Å². The highest BCUT2D eigenvalue weighted by Gasteiger charge is 2.31. The van der Waals surface area contributed by atoms with Gasteiger partial charge in [0.1, 0.15) is 6.04 Å². The molecule has 0 aromatic heterocycles. The number of carboxylic acids is 1. The number of methoxy groups -OCH3 is 3. The molecule has 8 heteroatoms. The topological polar surface area (TPSA) is 97.3 Å². The highest BCUT2D eigenvalue weighted by Crippen LogP contribution is 2.38. The molecule has 2 rings (SSSR count). The first-order chi connectivity index (χ1) is 12.0. The summed E-state index contributed by atoms with van der Waals surface area (Å²) < 4.78 is 15.8. The predicted molar refractivity (Wildman–Crippen MR) is 90.2 cm³/mol. The summed E-state index contributed by atoms with van der Waals surface area (Å²) >= 11 is 0. The number of carboxylic acid groups (broad SMARTS) is 1. The molecule has 8 nitrogen and oxygen atoms in total. The van der Waals surface area contributed by atoms with Gasteiger partial charge in [-0.2, -0.15) is 0 Å². The van der Waals surface area contributed by atoms with E-state index in [0.29, 0.717) is 30.2 Å². The van der Waals surface area contributed by atoms with Crippen LogP contribution in [0.5, 0.6) is 17.2 Å². The third-order valence-electron chi connectivity index (χ3n) is 4.21. The third-order valence-corrected chi connectivity index (χ3v) is 4.21. The van der Waals surface area contributed by atoms with Crippen LogP contribution in [0.4, 0.5) is 0 Å². The lowest BCUT2D eigenvalue weighted by Crippen LogP contribution is -2.42. The number of ether oxygens (including phenoxy) is 3. The van der Waals surface area contributed by atoms with E-state index < -0.39 is 12.0 Å². The summed E-state index contributed by atoms with van der Waals surface area (Å²) in [5, 5.41) is 12.0. The Hall–Kier alpha value is -2.48. The molecule has 1 saturated heterocycles. The molecule has 1 aliphatic heterocycles. The van der Waals surface area contributed by atoms with E-state index in [9.17, 15) is 9.59 Å². The molecule has 1 atom stereocenters. The van der Waals surface area contributed by atoms with Crippen LogP contribution in [-0.2, 0) is 16.1 Å². The van der Waals surface area contributed by atoms with E-state index in [1.54, 1.807) is 17.0 Å². The number of nitrogens with zero attached hydrogens (tertiary/aromatic N) is 1. The van der Waals surface area contributed by atoms with Crippen LogP contribution < -0.4 is 19.5 Å². The summed E-state index contributed by atoms with van der Waals surface area (Å²) in [5.41, 5.74) is 0.791. The molecule has 1 heterocycles. The first-order valence-corrected chi connectivity index (χ1v) is 8.02. The molecule has 1 aromatic rings. The van der Waals surface area contributed by atoms with Crippen LogP contribution >= 0.6 is 0 Å². The van der Waals surface area contributed by atoms with Gasteiger partial charge in [0.25, 0.3) is 0 Å². The smallest absolute Gasteiger partial charge is 0.320 e. The maximum atomic E-state index is 12.1. The zero-order chi connectivity index (χ0) is 18.4. The van der Waals surface area contributed by atoms with E-state index in [0.717, 1.165) is 12.0 Å². The number of likely N-dealkylation sites (tertiary alicyclic amines) is 1. The van der Waals surface area contributed by atoms with Crippen molar-refractivity contribution in [3.63, 3.8) is 0 Å². The molecule has 25 heavy (non-hydrogen) atoms. The van der Waals surface area contributed by atoms with Gasteiger partial charge in [0.05, 0.1) is 27.9 Å². The van der Waals surface area contributed by atoms with Gasteiger partial charge in [0.2, 0.25) is 11.7 Å². The zero-order valence-electron chi connectivity index (χ0n) is 14.7. The van der Waals surface area contributed by atoms with Crippen molar-refractivity contribution in [1.82, 2.24) is 10.2 Å². The van der Waals surface area contributed by atoms with Crippen LogP contribution in [0.2, 0.25) is 0 Å². The molecular formula is C17H24N2O6. The number of carbonyl (C=O) groups is 2. The summed E-state index contributed by atoms with van der Waals surface area (Å²) in [6.07, 6.45) is 1.37. The van der Waals surface area contributed by atoms with Crippen molar-refractivity contribution >= 4 is 11.9 Å². The fraction of sp³-hybridized carbons (Fsp3) is 0.529. The van der Waals surface area contributed by atoms with Gasteiger partial charge in [-0.05, 0) is 37.1 Å². The average molecular weight is 352 g/mol. The van der Waals surface area contributed by atoms with Crippen molar-refractivity contribution in [3.8, 4) is 17.2 Å². The van der Waals surface area contributed by atoms with Gasteiger partial charge < -0.3 is 24.6 Å². The lowest BCUT2D eigenvalue weighted by atomic mass is 10.1. The molecule has 1 fully saturated rings. The molecule has 1 aliphatic rings. The van der Waals surface area contributed by atoms with E-state index in [1.807, 2.05) is 0 Å². The van der Waals surface area contributed by atoms with Gasteiger partial charge in [0, 0.05) is 6.54 Å². The third kappa shape index (κ3) is 4.54. The Bertz CT molecular complexity index is 609. The predicted octanol–water partition coefficient (Wildman–Crippen LogP) is 0.878. The fourth-order valence-corrected chi connectivity index (χ4v) is 2.97. The van der Waals surface area contributed by atoms with Crippen LogP contribution in [-0.4, -0.2) is 62.3 Å². The Balaban J connectivity index is 1.98. The minimum atomic E-state index is -0.880. The van der Waals surface area contributed by atoms with Crippen molar-refractivity contribution < 1.29 is 28.9 Å². The second-order valence-corrected chi connectivity index (χ2v) is 5.78. The normalized spacial score (nSPS) is 17.2. The number of aliphatic carboxylic acids is 1. The van der Waals surface area contributed by atoms with Gasteiger partial charge in [-0.25, -0.2) is 0 Å². The molecule has 0 saturated carbocycles. The van der Waals surface area contributed by atoms with Crippen LogP contribution in [0.25, 0.3) is 0 Å². The minimum absolute atomic E-state index is 0.0708. The number of hydrogen-bond donors (Lipinski definition) is 2. The van der Waals surface area contributed by atoms with Crippen molar-refractivity contribution in [2.75, 3.05) is 34.4 Å². The van der Waals surface area contributed by atoms with Crippen LogP contribution in [0.3, 0.4) is 0 Å². The minimum Gasteiger partial charge on any atom is -0.493 e. The van der Waals surface area contributed by atoms with E-state index in [4.69, 9.17) is 19.3 Å². The van der Waals surface area contributed by atoms with Gasteiger partial charge in [-0.3, -0.25) is 14.5 Å². The second-order valence-electron chi connectivity index (χ2n) is 5.78. The molecule has 0 aliphatic carbocycles. The summed E-state index contributed by atoms with van der Waals surface area (Å²) in [6.45, 7) is 0.969. The largest absolute Gasteiger partial charge is 0.493 e. The van der Waals surface area contributed by atoms with Crippen molar-refractivity contribution in [2.24, 2.45) is 0 Å². The SMILES string of the molecule is COc1cc(CNC(=O)CN2CCC[C@H]2C(=O)O)cc(OC)c1OC. The number of benzene rings is 1. The molecule has 0 spiro atoms. The quantitative estimate of drug-likeness (QED) is 0.717. The Labute approximate surface area is 146 Å². The maximum absolute atomic E-state index is 12.1. The Morgan fingerprint density at radius 1 is 1.20 bits per heavy atom. The van der Waals surface area contributed by atoms with Crippen LogP contribution in [0.15, 0.2) is 12.1 Å². The Morgan fingerprint density at radius 2 is 1.84 bits per heavy atom. The molecule has 2 N–H and O–H groups in total. The van der Waals surface area contributed by atoms with E-state index in [2.05, 4.69) is 5.32 Å². The number of carbonyl (C=O) groups excluding carboxylic acids is 1. The Kier molecular flexibility index (Phi) is 6.46. The average Bonchev–Trinajstić information content (AvgIpc) is 3.07. The van der Waals surface area contributed by atoms with Crippen LogP contribution in [0, 0.1) is 0 Å². The first kappa shape index (κ1) is 18.9. The number of rotatable bonds is 8. The highest BCUT2D eigenvalue weighted by molar-refractivity contribution is 5.80. The number of amides is 1. The monoisotopic (exact) mass is 352 g/mol. The van der Waals surface area contributed by atoms with Gasteiger partial charge in [-0.15, -0.1) is 0 Å². The lowest BCUT2D eigenvalue weighted by Gasteiger charge is -2.20. The van der Waals surface area contributed by atoms with Crippen molar-refractivity contribution in [1.29, 1.82) is 0 Å². The second kappa shape index (κ2) is 8.57. The van der Waals surface area contributed by atoms with Crippen LogP contribution in [0.1, 0.15) is 18.4 Å². The zero-order valence-corrected chi connectivity index (χ0v) is 14.7. The van der Waals surface area contributed by atoms with Crippen molar-refractivity contribution in [2.45, 2.75) is 25.4 Å². The molecule has 0 bridgehead atoms. The van der Waals surface area contributed by atoms with Gasteiger partial charge >= 0.3 is 5.97 Å². The molecule has 1 aromatic carbocycles. The fourth-order valence-electron chi connectivity index (χ4n) is 2.97. The first-order valence-electron chi connectivity index (χ1n) is 8.02. The van der Waals surface area contributed by atoms with E-state index in [-0.39, 0.29) is 19.0 Å². The van der Waals surface area contributed by atoms with Gasteiger partial charge in [0.15, 0.2) is 11.5 Å². The summed E-state index contributed by atoms with van der Waals surface area (Å²) in [6, 6.07) is 2.95. The standard InChI is InChI=1S/C17H24N2O6/c1-23-13-7-11(8-14(24-2)16(13)25-3)9-18-15(20)10-19-6-4-5-12(19)17(21)22/h7-8,12H,4-6,9-10H2,1-3H3,(H,18,20)(H,21,22)/t12-/m0/s1. The van der Waals surface area contributed by atoms with E-state index >= 15 is 0 Å². The summed E-state index contributed by atoms with van der Waals surface area (Å²) in [7, 11) is 4.58. The molecule has 138 valence electrons. The maximum Gasteiger partial charge on any atom is 0.320 e. The molecular weight excluding hydrogens is 328 g/mol.